The topological polar surface area (TPSA) is 56.5 Å². The number of carbonyl (C=O) groups excluding carboxylic acids is 1. The number of rotatable bonds is 4. The third-order valence-corrected chi connectivity index (χ3v) is 5.47. The van der Waals surface area contributed by atoms with Crippen molar-refractivity contribution in [3.63, 3.8) is 0 Å². The molecular formula is C24H16Cl2O4. The van der Waals surface area contributed by atoms with Crippen molar-refractivity contribution in [3.05, 3.63) is 99.4 Å². The zero-order valence-corrected chi connectivity index (χ0v) is 17.4. The summed E-state index contributed by atoms with van der Waals surface area (Å²) in [6.45, 7) is 1.85. The maximum atomic E-state index is 12.6. The molecule has 150 valence electrons. The molecule has 0 aliphatic heterocycles. The minimum atomic E-state index is -0.942. The van der Waals surface area contributed by atoms with E-state index in [2.05, 4.69) is 0 Å². The molecule has 0 fully saturated rings. The van der Waals surface area contributed by atoms with Gasteiger partial charge in [-0.1, -0.05) is 54.1 Å². The molecule has 0 bridgehead atoms. The lowest BCUT2D eigenvalue weighted by Gasteiger charge is -2.12. The number of ether oxygens (including phenoxy) is 1. The summed E-state index contributed by atoms with van der Waals surface area (Å²) in [7, 11) is 0. The molecule has 0 saturated heterocycles. The second-order valence-electron chi connectivity index (χ2n) is 6.75. The number of aryl methyl sites for hydroxylation is 1. The van der Waals surface area contributed by atoms with E-state index in [1.54, 1.807) is 60.7 Å². The number of benzene rings is 3. The first-order valence-corrected chi connectivity index (χ1v) is 9.99. The van der Waals surface area contributed by atoms with Crippen molar-refractivity contribution in [3.8, 4) is 16.9 Å². The summed E-state index contributed by atoms with van der Waals surface area (Å²) in [5.74, 6) is -0.366. The molecule has 1 aromatic heterocycles. The van der Waals surface area contributed by atoms with Gasteiger partial charge in [0, 0.05) is 16.5 Å². The summed E-state index contributed by atoms with van der Waals surface area (Å²) in [4.78, 5) is 25.0. The molecule has 4 aromatic rings. The Morgan fingerprint density at radius 1 is 1.00 bits per heavy atom. The van der Waals surface area contributed by atoms with Crippen LogP contribution in [0.15, 0.2) is 82.0 Å². The van der Waals surface area contributed by atoms with Gasteiger partial charge < -0.3 is 9.15 Å². The van der Waals surface area contributed by atoms with Gasteiger partial charge in [-0.3, -0.25) is 0 Å². The summed E-state index contributed by atoms with van der Waals surface area (Å²) in [5, 5.41) is 0.383. The molecule has 0 spiro atoms. The van der Waals surface area contributed by atoms with Crippen LogP contribution in [0.1, 0.15) is 16.5 Å². The van der Waals surface area contributed by atoms with Crippen LogP contribution >= 0.6 is 23.2 Å². The third-order valence-electron chi connectivity index (χ3n) is 4.79. The number of alkyl halides is 1. The van der Waals surface area contributed by atoms with Crippen LogP contribution in [0.5, 0.6) is 5.75 Å². The molecule has 0 aliphatic carbocycles. The van der Waals surface area contributed by atoms with Gasteiger partial charge in [-0.2, -0.15) is 0 Å². The van der Waals surface area contributed by atoms with Gasteiger partial charge in [-0.05, 0) is 47.9 Å². The van der Waals surface area contributed by atoms with Crippen LogP contribution in [0.3, 0.4) is 0 Å². The normalized spacial score (nSPS) is 12.0. The van der Waals surface area contributed by atoms with Gasteiger partial charge in [-0.25, -0.2) is 9.59 Å². The first-order chi connectivity index (χ1) is 14.4. The Bertz CT molecular complexity index is 1280. The van der Waals surface area contributed by atoms with E-state index < -0.39 is 17.0 Å². The predicted octanol–water partition coefficient (Wildman–Crippen LogP) is 6.31. The Kier molecular flexibility index (Phi) is 5.62. The smallest absolute Gasteiger partial charge is 0.344 e. The molecule has 4 rings (SSSR count). The third kappa shape index (κ3) is 3.97. The van der Waals surface area contributed by atoms with Crippen molar-refractivity contribution >= 4 is 40.1 Å². The van der Waals surface area contributed by atoms with Crippen molar-refractivity contribution in [1.29, 1.82) is 0 Å². The Labute approximate surface area is 182 Å². The van der Waals surface area contributed by atoms with Crippen LogP contribution in [0.25, 0.3) is 22.1 Å². The summed E-state index contributed by atoms with van der Waals surface area (Å²) in [6.07, 6.45) is 0. The molecule has 1 unspecified atom stereocenters. The number of fused-ring (bicyclic) bond motifs is 1. The molecule has 30 heavy (non-hydrogen) atoms. The molecular weight excluding hydrogens is 423 g/mol. The lowest BCUT2D eigenvalue weighted by atomic mass is 10.00. The predicted molar refractivity (Wildman–Crippen MR) is 118 cm³/mol. The first kappa shape index (κ1) is 20.2. The summed E-state index contributed by atoms with van der Waals surface area (Å²) in [6, 6.07) is 20.8. The molecule has 6 heteroatoms. The second kappa shape index (κ2) is 8.34. The minimum absolute atomic E-state index is 0.246. The van der Waals surface area contributed by atoms with Gasteiger partial charge in [0.15, 0.2) is 5.38 Å². The first-order valence-electron chi connectivity index (χ1n) is 9.18. The highest BCUT2D eigenvalue weighted by Gasteiger charge is 2.20. The summed E-state index contributed by atoms with van der Waals surface area (Å²) >= 11 is 12.2. The maximum absolute atomic E-state index is 12.6. The van der Waals surface area contributed by atoms with Gasteiger partial charge in [0.25, 0.3) is 0 Å². The summed E-state index contributed by atoms with van der Waals surface area (Å²) in [5.41, 5.74) is 2.43. The SMILES string of the molecule is Cc1c(-c2ccc(Cl)cc2)c(=O)oc2cc(OC(=O)C(Cl)c3ccccc3)ccc12. The van der Waals surface area contributed by atoms with Crippen LogP contribution in [-0.4, -0.2) is 5.97 Å². The molecule has 0 radical (unpaired) electrons. The second-order valence-corrected chi connectivity index (χ2v) is 7.62. The molecule has 3 aromatic carbocycles. The highest BCUT2D eigenvalue weighted by atomic mass is 35.5. The van der Waals surface area contributed by atoms with E-state index >= 15 is 0 Å². The lowest BCUT2D eigenvalue weighted by molar-refractivity contribution is -0.134. The van der Waals surface area contributed by atoms with Gasteiger partial charge in [0.2, 0.25) is 0 Å². The highest BCUT2D eigenvalue weighted by molar-refractivity contribution is 6.30. The van der Waals surface area contributed by atoms with Crippen molar-refractivity contribution in [2.75, 3.05) is 0 Å². The number of halogens is 2. The highest BCUT2D eigenvalue weighted by Crippen LogP contribution is 2.30. The fourth-order valence-corrected chi connectivity index (χ4v) is 3.59. The monoisotopic (exact) mass is 438 g/mol. The largest absolute Gasteiger partial charge is 0.425 e. The molecule has 0 amide bonds. The molecule has 4 nitrogen and oxygen atoms in total. The van der Waals surface area contributed by atoms with Crippen molar-refractivity contribution < 1.29 is 13.9 Å². The van der Waals surface area contributed by atoms with Crippen LogP contribution in [-0.2, 0) is 4.79 Å². The summed E-state index contributed by atoms with van der Waals surface area (Å²) < 4.78 is 10.9. The maximum Gasteiger partial charge on any atom is 0.344 e. The van der Waals surface area contributed by atoms with Crippen LogP contribution < -0.4 is 10.4 Å². The van der Waals surface area contributed by atoms with Crippen molar-refractivity contribution in [2.24, 2.45) is 0 Å². The Morgan fingerprint density at radius 2 is 1.70 bits per heavy atom. The van der Waals surface area contributed by atoms with Gasteiger partial charge in [-0.15, -0.1) is 11.6 Å². The molecule has 1 atom stereocenters. The fourth-order valence-electron chi connectivity index (χ4n) is 3.28. The molecule has 1 heterocycles. The number of esters is 1. The molecule has 0 aliphatic rings. The van der Waals surface area contributed by atoms with Gasteiger partial charge >= 0.3 is 11.6 Å². The standard InChI is InChI=1S/C24H16Cl2O4/c1-14-19-12-11-18(29-24(28)22(26)16-5-3-2-4-6-16)13-20(19)30-23(27)21(14)15-7-9-17(25)10-8-15/h2-13,22H,1H3. The van der Waals surface area contributed by atoms with E-state index in [0.29, 0.717) is 21.7 Å². The van der Waals surface area contributed by atoms with E-state index in [9.17, 15) is 9.59 Å². The number of hydrogen-bond acceptors (Lipinski definition) is 4. The van der Waals surface area contributed by atoms with Crippen molar-refractivity contribution in [1.82, 2.24) is 0 Å². The lowest BCUT2D eigenvalue weighted by Crippen LogP contribution is -2.14. The van der Waals surface area contributed by atoms with E-state index in [1.807, 2.05) is 13.0 Å². The average molecular weight is 439 g/mol. The van der Waals surface area contributed by atoms with Crippen LogP contribution in [0.4, 0.5) is 0 Å². The van der Waals surface area contributed by atoms with Gasteiger partial charge in [0.1, 0.15) is 11.3 Å². The number of carbonyl (C=O) groups is 1. The van der Waals surface area contributed by atoms with Crippen LogP contribution in [0.2, 0.25) is 5.02 Å². The quantitative estimate of drug-likeness (QED) is 0.162. The van der Waals surface area contributed by atoms with Crippen molar-refractivity contribution in [2.45, 2.75) is 12.3 Å². The Morgan fingerprint density at radius 3 is 2.40 bits per heavy atom. The zero-order chi connectivity index (χ0) is 21.3. The Balaban J connectivity index is 1.67. The minimum Gasteiger partial charge on any atom is -0.425 e. The van der Waals surface area contributed by atoms with Crippen LogP contribution in [0, 0.1) is 6.92 Å². The Hall–Kier alpha value is -3.08. The molecule has 0 saturated carbocycles. The average Bonchev–Trinajstić information content (AvgIpc) is 2.75. The fraction of sp³-hybridized carbons (Fsp3) is 0.0833. The van der Waals surface area contributed by atoms with E-state index in [4.69, 9.17) is 32.4 Å². The van der Waals surface area contributed by atoms with E-state index in [0.717, 1.165) is 16.5 Å². The van der Waals surface area contributed by atoms with E-state index in [-0.39, 0.29) is 5.75 Å². The number of hydrogen-bond donors (Lipinski definition) is 0. The zero-order valence-electron chi connectivity index (χ0n) is 15.9. The van der Waals surface area contributed by atoms with Gasteiger partial charge in [0.05, 0.1) is 5.56 Å². The van der Waals surface area contributed by atoms with E-state index in [1.165, 1.54) is 6.07 Å². The molecule has 0 N–H and O–H groups in total.